The molecule has 1 aromatic rings. The van der Waals surface area contributed by atoms with E-state index in [0.717, 1.165) is 0 Å². The van der Waals surface area contributed by atoms with E-state index in [1.165, 1.54) is 0 Å². The fourth-order valence-corrected chi connectivity index (χ4v) is 1.41. The summed E-state index contributed by atoms with van der Waals surface area (Å²) < 4.78 is 4.87. The summed E-state index contributed by atoms with van der Waals surface area (Å²) in [7, 11) is 1.60. The highest BCUT2D eigenvalue weighted by molar-refractivity contribution is 6.30. The van der Waals surface area contributed by atoms with E-state index in [9.17, 15) is 5.11 Å². The highest BCUT2D eigenvalue weighted by atomic mass is 35.5. The monoisotopic (exact) mass is 215 g/mol. The van der Waals surface area contributed by atoms with Crippen LogP contribution in [0.5, 0.6) is 0 Å². The molecule has 14 heavy (non-hydrogen) atoms. The fourth-order valence-electron chi connectivity index (χ4n) is 1.23. The second-order valence-electron chi connectivity index (χ2n) is 3.07. The first-order valence-corrected chi connectivity index (χ1v) is 4.75. The number of rotatable bonds is 4. The molecule has 0 spiro atoms. The summed E-state index contributed by atoms with van der Waals surface area (Å²) in [5, 5.41) is 10.3. The molecule has 1 atom stereocenters. The molecule has 0 saturated heterocycles. The van der Waals surface area contributed by atoms with E-state index in [1.54, 1.807) is 25.3 Å². The van der Waals surface area contributed by atoms with Crippen LogP contribution in [-0.4, -0.2) is 18.8 Å². The van der Waals surface area contributed by atoms with Gasteiger partial charge in [-0.15, -0.1) is 0 Å². The molecule has 0 aliphatic carbocycles. The Morgan fingerprint density at radius 1 is 1.57 bits per heavy atom. The first-order valence-electron chi connectivity index (χ1n) is 4.37. The van der Waals surface area contributed by atoms with Crippen molar-refractivity contribution >= 4 is 17.3 Å². The smallest absolute Gasteiger partial charge is 0.0831 e. The quantitative estimate of drug-likeness (QED) is 0.756. The van der Waals surface area contributed by atoms with Crippen molar-refractivity contribution in [3.8, 4) is 0 Å². The topological polar surface area (TPSA) is 55.5 Å². The van der Waals surface area contributed by atoms with E-state index in [-0.39, 0.29) is 0 Å². The van der Waals surface area contributed by atoms with Gasteiger partial charge in [-0.1, -0.05) is 17.7 Å². The molecule has 0 aromatic heterocycles. The molecular formula is C10H14ClNO2. The first-order chi connectivity index (χ1) is 6.65. The Hall–Kier alpha value is -0.770. The summed E-state index contributed by atoms with van der Waals surface area (Å²) in [6, 6.07) is 5.08. The van der Waals surface area contributed by atoms with Crippen molar-refractivity contribution in [2.24, 2.45) is 0 Å². The highest BCUT2D eigenvalue weighted by Gasteiger charge is 2.10. The minimum absolute atomic E-state index is 0.503. The largest absolute Gasteiger partial charge is 0.398 e. The maximum atomic E-state index is 9.72. The van der Waals surface area contributed by atoms with Gasteiger partial charge >= 0.3 is 0 Å². The van der Waals surface area contributed by atoms with Crippen LogP contribution in [0.2, 0.25) is 5.02 Å². The van der Waals surface area contributed by atoms with Crippen molar-refractivity contribution in [3.05, 3.63) is 28.8 Å². The highest BCUT2D eigenvalue weighted by Crippen LogP contribution is 2.25. The number of nitrogens with two attached hydrogens (primary N) is 1. The van der Waals surface area contributed by atoms with Crippen LogP contribution in [-0.2, 0) is 4.74 Å². The third-order valence-electron chi connectivity index (χ3n) is 2.00. The molecule has 0 radical (unpaired) electrons. The Balaban J connectivity index is 2.74. The van der Waals surface area contributed by atoms with Crippen LogP contribution in [0.4, 0.5) is 5.69 Å². The average molecular weight is 216 g/mol. The summed E-state index contributed by atoms with van der Waals surface area (Å²) in [6.45, 7) is 0.503. The number of ether oxygens (including phenoxy) is 1. The van der Waals surface area contributed by atoms with Crippen LogP contribution in [0, 0.1) is 0 Å². The Morgan fingerprint density at radius 3 is 2.86 bits per heavy atom. The number of halogens is 1. The Kier molecular flexibility index (Phi) is 4.20. The number of aliphatic hydroxyl groups is 1. The molecule has 0 fully saturated rings. The zero-order valence-corrected chi connectivity index (χ0v) is 8.79. The average Bonchev–Trinajstić information content (AvgIpc) is 2.14. The summed E-state index contributed by atoms with van der Waals surface area (Å²) >= 11 is 5.74. The van der Waals surface area contributed by atoms with Crippen molar-refractivity contribution in [2.45, 2.75) is 12.5 Å². The molecule has 4 heteroatoms. The molecule has 3 nitrogen and oxygen atoms in total. The Morgan fingerprint density at radius 2 is 2.29 bits per heavy atom. The number of methoxy groups -OCH3 is 1. The van der Waals surface area contributed by atoms with Crippen LogP contribution >= 0.6 is 11.6 Å². The van der Waals surface area contributed by atoms with E-state index < -0.39 is 6.10 Å². The van der Waals surface area contributed by atoms with Crippen molar-refractivity contribution in [1.82, 2.24) is 0 Å². The third-order valence-corrected chi connectivity index (χ3v) is 2.24. The van der Waals surface area contributed by atoms with E-state index in [2.05, 4.69) is 0 Å². The molecule has 0 amide bonds. The van der Waals surface area contributed by atoms with Gasteiger partial charge in [0, 0.05) is 36.4 Å². The van der Waals surface area contributed by atoms with Gasteiger partial charge in [0.05, 0.1) is 6.10 Å². The first kappa shape index (κ1) is 11.3. The standard InChI is InChI=1S/C10H14ClNO2/c1-14-5-4-10(13)8-3-2-7(11)6-9(8)12/h2-3,6,10,13H,4-5,12H2,1H3. The van der Waals surface area contributed by atoms with Crippen LogP contribution in [0.25, 0.3) is 0 Å². The fraction of sp³-hybridized carbons (Fsp3) is 0.400. The number of hydrogen-bond donors (Lipinski definition) is 2. The van der Waals surface area contributed by atoms with Gasteiger partial charge in [0.2, 0.25) is 0 Å². The molecule has 1 rings (SSSR count). The molecule has 0 aliphatic rings. The van der Waals surface area contributed by atoms with E-state index in [1.807, 2.05) is 0 Å². The molecule has 3 N–H and O–H groups in total. The maximum absolute atomic E-state index is 9.72. The van der Waals surface area contributed by atoms with Gasteiger partial charge in [-0.3, -0.25) is 0 Å². The van der Waals surface area contributed by atoms with Gasteiger partial charge in [-0.2, -0.15) is 0 Å². The second-order valence-corrected chi connectivity index (χ2v) is 3.51. The lowest BCUT2D eigenvalue weighted by Crippen LogP contribution is -2.04. The van der Waals surface area contributed by atoms with Gasteiger partial charge in [-0.05, 0) is 12.1 Å². The summed E-state index contributed by atoms with van der Waals surface area (Å²) in [6.07, 6.45) is -0.0604. The lowest BCUT2D eigenvalue weighted by molar-refractivity contribution is 0.111. The van der Waals surface area contributed by atoms with E-state index in [0.29, 0.717) is 29.3 Å². The van der Waals surface area contributed by atoms with Crippen LogP contribution in [0.1, 0.15) is 18.1 Å². The van der Waals surface area contributed by atoms with E-state index >= 15 is 0 Å². The SMILES string of the molecule is COCCC(O)c1ccc(Cl)cc1N. The Labute approximate surface area is 88.4 Å². The minimum Gasteiger partial charge on any atom is -0.398 e. The van der Waals surface area contributed by atoms with Gasteiger partial charge in [0.25, 0.3) is 0 Å². The molecule has 78 valence electrons. The van der Waals surface area contributed by atoms with Crippen LogP contribution < -0.4 is 5.73 Å². The number of nitrogen functional groups attached to an aromatic ring is 1. The zero-order chi connectivity index (χ0) is 10.6. The predicted molar refractivity (Wildman–Crippen MR) is 57.3 cm³/mol. The molecule has 0 heterocycles. The molecule has 0 saturated carbocycles. The van der Waals surface area contributed by atoms with Crippen LogP contribution in [0.3, 0.4) is 0 Å². The molecule has 1 unspecified atom stereocenters. The normalized spacial score (nSPS) is 12.8. The Bertz CT molecular complexity index is 304. The lowest BCUT2D eigenvalue weighted by Gasteiger charge is -2.12. The van der Waals surface area contributed by atoms with Gasteiger partial charge in [0.15, 0.2) is 0 Å². The lowest BCUT2D eigenvalue weighted by atomic mass is 10.1. The maximum Gasteiger partial charge on any atom is 0.0831 e. The number of aliphatic hydroxyl groups excluding tert-OH is 1. The molecule has 0 bridgehead atoms. The summed E-state index contributed by atoms with van der Waals surface area (Å²) in [5.74, 6) is 0. The van der Waals surface area contributed by atoms with Crippen LogP contribution in [0.15, 0.2) is 18.2 Å². The number of hydrogen-bond acceptors (Lipinski definition) is 3. The van der Waals surface area contributed by atoms with Crippen molar-refractivity contribution < 1.29 is 9.84 Å². The summed E-state index contributed by atoms with van der Waals surface area (Å²) in [4.78, 5) is 0. The summed E-state index contributed by atoms with van der Waals surface area (Å²) in [5.41, 5.74) is 6.92. The second kappa shape index (κ2) is 5.20. The number of anilines is 1. The van der Waals surface area contributed by atoms with Crippen molar-refractivity contribution in [1.29, 1.82) is 0 Å². The van der Waals surface area contributed by atoms with E-state index in [4.69, 9.17) is 22.1 Å². The molecular weight excluding hydrogens is 202 g/mol. The zero-order valence-electron chi connectivity index (χ0n) is 8.03. The van der Waals surface area contributed by atoms with Crippen molar-refractivity contribution in [3.63, 3.8) is 0 Å². The van der Waals surface area contributed by atoms with Gasteiger partial charge < -0.3 is 15.6 Å². The molecule has 1 aromatic carbocycles. The number of benzene rings is 1. The predicted octanol–water partition coefficient (Wildman–Crippen LogP) is 1.99. The molecule has 0 aliphatic heterocycles. The third kappa shape index (κ3) is 2.87. The van der Waals surface area contributed by atoms with Gasteiger partial charge in [0.1, 0.15) is 0 Å². The van der Waals surface area contributed by atoms with Crippen molar-refractivity contribution in [2.75, 3.05) is 19.5 Å². The van der Waals surface area contributed by atoms with Gasteiger partial charge in [-0.25, -0.2) is 0 Å². The minimum atomic E-state index is -0.591.